The summed E-state index contributed by atoms with van der Waals surface area (Å²) in [6, 6.07) is 17.0. The number of amides is 1. The van der Waals surface area contributed by atoms with Gasteiger partial charge in [-0.25, -0.2) is 14.4 Å². The fourth-order valence-corrected chi connectivity index (χ4v) is 3.99. The quantitative estimate of drug-likeness (QED) is 0.422. The van der Waals surface area contributed by atoms with E-state index in [4.69, 9.17) is 4.74 Å². The highest BCUT2D eigenvalue weighted by atomic mass is 19.1. The van der Waals surface area contributed by atoms with Crippen molar-refractivity contribution < 1.29 is 13.9 Å². The van der Waals surface area contributed by atoms with Gasteiger partial charge in [0.2, 0.25) is 0 Å². The van der Waals surface area contributed by atoms with Gasteiger partial charge in [-0.1, -0.05) is 0 Å². The number of carbonyl (C=O) groups excluding carboxylic acids is 1. The molecule has 0 unspecified atom stereocenters. The summed E-state index contributed by atoms with van der Waals surface area (Å²) in [5.74, 6) is 1.64. The highest BCUT2D eigenvalue weighted by Gasteiger charge is 2.16. The van der Waals surface area contributed by atoms with E-state index >= 15 is 0 Å². The molecule has 9 nitrogen and oxygen atoms in total. The van der Waals surface area contributed by atoms with Crippen LogP contribution in [-0.4, -0.2) is 52.0 Å². The van der Waals surface area contributed by atoms with E-state index in [9.17, 15) is 9.18 Å². The number of benzene rings is 2. The number of aromatic nitrogens is 4. The number of carbonyl (C=O) groups is 1. The van der Waals surface area contributed by atoms with E-state index in [2.05, 4.69) is 30.6 Å². The lowest BCUT2D eigenvalue weighted by Gasteiger charge is -2.28. The predicted octanol–water partition coefficient (Wildman–Crippen LogP) is 4.16. The molecular formula is C26H26FN7O2. The summed E-state index contributed by atoms with van der Waals surface area (Å²) >= 11 is 0. The zero-order valence-electron chi connectivity index (χ0n) is 20.0. The van der Waals surface area contributed by atoms with Crippen LogP contribution in [0.4, 0.5) is 27.4 Å². The Morgan fingerprint density at radius 2 is 1.67 bits per heavy atom. The summed E-state index contributed by atoms with van der Waals surface area (Å²) < 4.78 is 20.1. The fourth-order valence-electron chi connectivity index (χ4n) is 3.99. The summed E-state index contributed by atoms with van der Waals surface area (Å²) in [4.78, 5) is 24.1. The molecule has 0 atom stereocenters. The molecule has 10 heteroatoms. The third kappa shape index (κ3) is 5.33. The summed E-state index contributed by atoms with van der Waals surface area (Å²) in [6.45, 7) is 4.84. The van der Waals surface area contributed by atoms with Crippen LogP contribution in [0.5, 0.6) is 0 Å². The van der Waals surface area contributed by atoms with Gasteiger partial charge in [0, 0.05) is 43.1 Å². The first-order valence-electron chi connectivity index (χ1n) is 11.6. The number of ether oxygens (including phenoxy) is 1. The van der Waals surface area contributed by atoms with Gasteiger partial charge in [-0.2, -0.15) is 5.10 Å². The lowest BCUT2D eigenvalue weighted by atomic mass is 10.1. The molecule has 0 radical (unpaired) electrons. The van der Waals surface area contributed by atoms with Crippen LogP contribution in [0.25, 0.3) is 11.3 Å². The van der Waals surface area contributed by atoms with Crippen molar-refractivity contribution in [2.45, 2.75) is 6.92 Å². The number of anilines is 4. The second kappa shape index (κ2) is 10.1. The first-order valence-corrected chi connectivity index (χ1v) is 11.6. The first kappa shape index (κ1) is 23.4. The average Bonchev–Trinajstić information content (AvgIpc) is 3.27. The van der Waals surface area contributed by atoms with Gasteiger partial charge in [0.1, 0.15) is 29.0 Å². The zero-order valence-corrected chi connectivity index (χ0v) is 20.0. The first-order chi connectivity index (χ1) is 17.4. The monoisotopic (exact) mass is 487 g/mol. The van der Waals surface area contributed by atoms with Crippen LogP contribution in [0.15, 0.2) is 60.7 Å². The molecule has 2 N–H and O–H groups in total. The highest BCUT2D eigenvalue weighted by Crippen LogP contribution is 2.23. The third-order valence-electron chi connectivity index (χ3n) is 5.83. The largest absolute Gasteiger partial charge is 0.378 e. The Kier molecular flexibility index (Phi) is 6.59. The molecule has 1 fully saturated rings. The van der Waals surface area contributed by atoms with E-state index in [1.807, 2.05) is 37.3 Å². The van der Waals surface area contributed by atoms with Crippen molar-refractivity contribution in [2.24, 2.45) is 7.05 Å². The van der Waals surface area contributed by atoms with Crippen molar-refractivity contribution in [2.75, 3.05) is 41.8 Å². The third-order valence-corrected chi connectivity index (χ3v) is 5.83. The minimum absolute atomic E-state index is 0.291. The maximum Gasteiger partial charge on any atom is 0.273 e. The second-order valence-corrected chi connectivity index (χ2v) is 8.46. The van der Waals surface area contributed by atoms with Crippen LogP contribution in [-0.2, 0) is 11.8 Å². The molecule has 36 heavy (non-hydrogen) atoms. The Bertz CT molecular complexity index is 1360. The molecule has 0 spiro atoms. The molecule has 1 saturated heterocycles. The zero-order chi connectivity index (χ0) is 25.1. The summed E-state index contributed by atoms with van der Waals surface area (Å²) in [7, 11) is 1.70. The molecule has 5 rings (SSSR count). The van der Waals surface area contributed by atoms with Gasteiger partial charge < -0.3 is 20.3 Å². The molecule has 1 aliphatic heterocycles. The normalized spacial score (nSPS) is 13.5. The van der Waals surface area contributed by atoms with Crippen molar-refractivity contribution in [3.8, 4) is 11.3 Å². The topological polar surface area (TPSA) is 97.2 Å². The molecule has 1 aliphatic rings. The maximum absolute atomic E-state index is 13.2. The Hall–Kier alpha value is -4.31. The van der Waals surface area contributed by atoms with Crippen LogP contribution >= 0.6 is 0 Å². The van der Waals surface area contributed by atoms with Crippen LogP contribution in [0.1, 0.15) is 16.3 Å². The molecule has 184 valence electrons. The number of rotatable bonds is 6. The molecule has 2 aromatic heterocycles. The minimum Gasteiger partial charge on any atom is -0.378 e. The Labute approximate surface area is 207 Å². The van der Waals surface area contributed by atoms with Crippen LogP contribution in [0, 0.1) is 12.7 Å². The number of morpholine rings is 1. The number of nitrogens with one attached hydrogen (secondary N) is 2. The van der Waals surface area contributed by atoms with Crippen LogP contribution in [0.3, 0.4) is 0 Å². The Morgan fingerprint density at radius 3 is 2.39 bits per heavy atom. The van der Waals surface area contributed by atoms with E-state index in [0.717, 1.165) is 30.2 Å². The SMILES string of the molecule is Cc1nc(Nc2ccc(NC(=O)c3cc(-c4ccc(F)cc4)nn3C)cc2)cc(N2CCOCC2)n1. The molecule has 0 aliphatic carbocycles. The van der Waals surface area contributed by atoms with Crippen LogP contribution < -0.4 is 15.5 Å². The maximum atomic E-state index is 13.2. The molecule has 3 heterocycles. The average molecular weight is 488 g/mol. The summed E-state index contributed by atoms with van der Waals surface area (Å²) in [6.07, 6.45) is 0. The Morgan fingerprint density at radius 1 is 0.972 bits per heavy atom. The lowest BCUT2D eigenvalue weighted by Crippen LogP contribution is -2.36. The van der Waals surface area contributed by atoms with Gasteiger partial charge >= 0.3 is 0 Å². The van der Waals surface area contributed by atoms with Crippen molar-refractivity contribution >= 4 is 28.9 Å². The van der Waals surface area contributed by atoms with Crippen molar-refractivity contribution in [1.82, 2.24) is 19.7 Å². The van der Waals surface area contributed by atoms with Gasteiger partial charge in [-0.3, -0.25) is 9.48 Å². The van der Waals surface area contributed by atoms with Crippen molar-refractivity contribution in [1.29, 1.82) is 0 Å². The van der Waals surface area contributed by atoms with Gasteiger partial charge in [-0.15, -0.1) is 0 Å². The summed E-state index contributed by atoms with van der Waals surface area (Å²) in [5.41, 5.74) is 3.20. The fraction of sp³-hybridized carbons (Fsp3) is 0.231. The lowest BCUT2D eigenvalue weighted by molar-refractivity contribution is 0.101. The molecule has 4 aromatic rings. The van der Waals surface area contributed by atoms with E-state index in [-0.39, 0.29) is 11.7 Å². The van der Waals surface area contributed by atoms with E-state index in [0.29, 0.717) is 41.9 Å². The van der Waals surface area contributed by atoms with E-state index < -0.39 is 0 Å². The number of nitrogens with zero attached hydrogens (tertiary/aromatic N) is 5. The molecular weight excluding hydrogens is 461 g/mol. The number of halogens is 1. The number of hydrogen-bond donors (Lipinski definition) is 2. The van der Waals surface area contributed by atoms with Crippen LogP contribution in [0.2, 0.25) is 0 Å². The molecule has 0 saturated carbocycles. The molecule has 2 aromatic carbocycles. The molecule has 0 bridgehead atoms. The highest BCUT2D eigenvalue weighted by molar-refractivity contribution is 6.03. The van der Waals surface area contributed by atoms with Gasteiger partial charge in [0.05, 0.1) is 18.9 Å². The standard InChI is InChI=1S/C26H26FN7O2/c1-17-28-24(16-25(29-17)34-11-13-36-14-12-34)30-20-7-9-21(10-8-20)31-26(35)23-15-22(32-33(23)2)18-3-5-19(27)6-4-18/h3-10,15-16H,11-14H2,1-2H3,(H,31,35)(H,28,29,30). The van der Waals surface area contributed by atoms with Gasteiger partial charge in [0.15, 0.2) is 0 Å². The van der Waals surface area contributed by atoms with Gasteiger partial charge in [0.25, 0.3) is 5.91 Å². The Balaban J connectivity index is 1.25. The van der Waals surface area contributed by atoms with Gasteiger partial charge in [-0.05, 0) is 61.5 Å². The predicted molar refractivity (Wildman–Crippen MR) is 136 cm³/mol. The number of hydrogen-bond acceptors (Lipinski definition) is 7. The van der Waals surface area contributed by atoms with Crippen molar-refractivity contribution in [3.05, 3.63) is 78.0 Å². The smallest absolute Gasteiger partial charge is 0.273 e. The number of aryl methyl sites for hydroxylation is 2. The molecule has 1 amide bonds. The van der Waals surface area contributed by atoms with E-state index in [1.54, 1.807) is 25.2 Å². The minimum atomic E-state index is -0.321. The second-order valence-electron chi connectivity index (χ2n) is 8.46. The summed E-state index contributed by atoms with van der Waals surface area (Å²) in [5, 5.41) is 10.6. The van der Waals surface area contributed by atoms with Crippen molar-refractivity contribution in [3.63, 3.8) is 0 Å². The van der Waals surface area contributed by atoms with E-state index in [1.165, 1.54) is 16.8 Å².